The van der Waals surface area contributed by atoms with Crippen LogP contribution in [0.5, 0.6) is 11.5 Å². The van der Waals surface area contributed by atoms with Crippen LogP contribution in [0.4, 0.5) is 0 Å². The van der Waals surface area contributed by atoms with E-state index in [9.17, 15) is 19.2 Å². The molecule has 0 aliphatic heterocycles. The van der Waals surface area contributed by atoms with Crippen LogP contribution < -0.4 is 9.47 Å². The van der Waals surface area contributed by atoms with E-state index in [1.165, 1.54) is 0 Å². The lowest BCUT2D eigenvalue weighted by Crippen LogP contribution is -2.31. The second-order valence-corrected chi connectivity index (χ2v) is 17.7. The van der Waals surface area contributed by atoms with Gasteiger partial charge >= 0.3 is 23.9 Å². The minimum atomic E-state index is -1.19. The van der Waals surface area contributed by atoms with Gasteiger partial charge < -0.3 is 38.6 Å². The Kier molecular flexibility index (Phi) is 22.0. The van der Waals surface area contributed by atoms with Crippen molar-refractivity contribution in [2.24, 2.45) is 0 Å². The van der Waals surface area contributed by atoms with Gasteiger partial charge in [0, 0.05) is 28.1 Å². The van der Waals surface area contributed by atoms with Crippen LogP contribution in [0.25, 0.3) is 0 Å². The third kappa shape index (κ3) is 16.8. The van der Waals surface area contributed by atoms with Crippen molar-refractivity contribution in [1.29, 1.82) is 0 Å². The summed E-state index contributed by atoms with van der Waals surface area (Å²) in [5.74, 6) is -1.67. The minimum absolute atomic E-state index is 0.0385. The highest BCUT2D eigenvalue weighted by Gasteiger charge is 2.29. The minimum Gasteiger partial charge on any atom is -0.487 e. The molecular formula is C37H44Br4O12S2. The average molecular weight is 1060 g/mol. The van der Waals surface area contributed by atoms with Gasteiger partial charge in [-0.25, -0.2) is 9.59 Å². The predicted molar refractivity (Wildman–Crippen MR) is 228 cm³/mol. The number of carboxylic acid groups (broad SMARTS) is 2. The summed E-state index contributed by atoms with van der Waals surface area (Å²) in [5.41, 5.74) is 0.887. The summed E-state index contributed by atoms with van der Waals surface area (Å²) in [7, 11) is 0. The first-order valence-electron chi connectivity index (χ1n) is 16.5. The standard InChI is InChI=1S/C37H44Br4O12S2/c1-21(11-31(42)43)35(46)52-25(17-48-7-9-54-5)19-50-33-27(38)13-23(14-28(33)39)37(3,4)24-15-29(40)34(30(41)16-24)51-20-26(18-49-8-10-55-6)53-36(47)22(2)12-32(44)45/h13-16,25-26H,1-2,7-12,17-20H2,3-6H3,(H,42,43)(H,44,45). The Labute approximate surface area is 363 Å². The molecular weight excluding hydrogens is 1020 g/mol. The smallest absolute Gasteiger partial charge is 0.334 e. The maximum absolute atomic E-state index is 12.5. The molecule has 2 aromatic carbocycles. The van der Waals surface area contributed by atoms with Gasteiger partial charge in [0.05, 0.1) is 57.2 Å². The molecule has 0 bridgehead atoms. The number of rotatable bonds is 26. The van der Waals surface area contributed by atoms with Crippen LogP contribution >= 0.6 is 87.2 Å². The summed E-state index contributed by atoms with van der Waals surface area (Å²) in [6, 6.07) is 7.69. The zero-order chi connectivity index (χ0) is 41.3. The number of thioether (sulfide) groups is 2. The Hall–Kier alpha value is -2.06. The van der Waals surface area contributed by atoms with Crippen molar-refractivity contribution in [2.45, 2.75) is 44.3 Å². The number of hydrogen-bond acceptors (Lipinski definition) is 12. The van der Waals surface area contributed by atoms with Crippen molar-refractivity contribution in [1.82, 2.24) is 0 Å². The van der Waals surface area contributed by atoms with Gasteiger partial charge in [0.25, 0.3) is 0 Å². The van der Waals surface area contributed by atoms with Gasteiger partial charge in [-0.3, -0.25) is 9.59 Å². The van der Waals surface area contributed by atoms with E-state index in [-0.39, 0.29) is 37.6 Å². The topological polar surface area (TPSA) is 164 Å². The Morgan fingerprint density at radius 2 is 0.982 bits per heavy atom. The first kappa shape index (κ1) is 49.1. The largest absolute Gasteiger partial charge is 0.487 e. The third-order valence-corrected chi connectivity index (χ3v) is 11.1. The molecule has 0 aromatic heterocycles. The van der Waals surface area contributed by atoms with Gasteiger partial charge in [-0.05, 0) is 112 Å². The zero-order valence-electron chi connectivity index (χ0n) is 30.8. The molecule has 0 aliphatic rings. The van der Waals surface area contributed by atoms with Crippen molar-refractivity contribution in [3.63, 3.8) is 0 Å². The fourth-order valence-electron chi connectivity index (χ4n) is 4.56. The number of ether oxygens (including phenoxy) is 6. The van der Waals surface area contributed by atoms with E-state index in [4.69, 9.17) is 38.6 Å². The second-order valence-electron chi connectivity index (χ2n) is 12.3. The van der Waals surface area contributed by atoms with Gasteiger partial charge in [0.2, 0.25) is 0 Å². The number of carbonyl (C=O) groups is 4. The quantitative estimate of drug-likeness (QED) is 0.0524. The van der Waals surface area contributed by atoms with Crippen molar-refractivity contribution in [2.75, 3.05) is 63.7 Å². The Morgan fingerprint density at radius 1 is 0.655 bits per heavy atom. The highest BCUT2D eigenvalue weighted by molar-refractivity contribution is 9.11. The van der Waals surface area contributed by atoms with Gasteiger partial charge in [-0.2, -0.15) is 23.5 Å². The monoisotopic (exact) mass is 1060 g/mol. The molecule has 2 aromatic rings. The van der Waals surface area contributed by atoms with Crippen molar-refractivity contribution in [3.8, 4) is 11.5 Å². The second kappa shape index (κ2) is 24.7. The summed E-state index contributed by atoms with van der Waals surface area (Å²) in [5, 5.41) is 18.1. The number of carboxylic acids is 2. The molecule has 0 saturated heterocycles. The van der Waals surface area contributed by atoms with Gasteiger partial charge in [-0.15, -0.1) is 0 Å². The molecule has 0 fully saturated rings. The normalized spacial score (nSPS) is 12.4. The molecule has 0 amide bonds. The zero-order valence-corrected chi connectivity index (χ0v) is 38.7. The van der Waals surface area contributed by atoms with Gasteiger partial charge in [0.1, 0.15) is 24.7 Å². The van der Waals surface area contributed by atoms with Crippen LogP contribution in [0.15, 0.2) is 66.5 Å². The van der Waals surface area contributed by atoms with E-state index in [1.807, 2.05) is 50.6 Å². The number of benzene rings is 2. The molecule has 0 radical (unpaired) electrons. The summed E-state index contributed by atoms with van der Waals surface area (Å²) in [4.78, 5) is 47.1. The maximum atomic E-state index is 12.5. The molecule has 0 heterocycles. The fraction of sp³-hybridized carbons (Fsp3) is 0.459. The predicted octanol–water partition coefficient (Wildman–Crippen LogP) is 8.46. The molecule has 0 aliphatic carbocycles. The fourth-order valence-corrected chi connectivity index (χ4v) is 7.96. The third-order valence-electron chi connectivity index (χ3n) is 7.59. The van der Waals surface area contributed by atoms with Crippen LogP contribution in [-0.4, -0.2) is 110 Å². The SMILES string of the molecule is C=C(CC(=O)O)C(=O)OC(COCCSC)COc1c(Br)cc(C(C)(C)c2cc(Br)c(OCC(COCCSC)OC(=O)C(=C)CC(=O)O)c(Br)c2)cc1Br. The molecule has 12 nitrogen and oxygen atoms in total. The van der Waals surface area contributed by atoms with Crippen LogP contribution in [0.2, 0.25) is 0 Å². The van der Waals surface area contributed by atoms with Gasteiger partial charge in [0.15, 0.2) is 12.2 Å². The lowest BCUT2D eigenvalue weighted by molar-refractivity contribution is -0.151. The molecule has 2 unspecified atom stereocenters. The van der Waals surface area contributed by atoms with Crippen molar-refractivity contribution < 1.29 is 57.8 Å². The van der Waals surface area contributed by atoms with E-state index in [0.29, 0.717) is 42.6 Å². The Balaban J connectivity index is 2.26. The van der Waals surface area contributed by atoms with E-state index in [2.05, 4.69) is 76.9 Å². The Morgan fingerprint density at radius 3 is 1.27 bits per heavy atom. The van der Waals surface area contributed by atoms with Gasteiger partial charge in [-0.1, -0.05) is 27.0 Å². The summed E-state index contributed by atoms with van der Waals surface area (Å²) in [6.45, 7) is 11.9. The maximum Gasteiger partial charge on any atom is 0.334 e. The van der Waals surface area contributed by atoms with Crippen LogP contribution in [0.3, 0.4) is 0 Å². The van der Waals surface area contributed by atoms with E-state index < -0.39 is 54.3 Å². The number of aliphatic carboxylic acids is 2. The lowest BCUT2D eigenvalue weighted by atomic mass is 9.78. The van der Waals surface area contributed by atoms with E-state index in [1.54, 1.807) is 23.5 Å². The number of carbonyl (C=O) groups excluding carboxylic acids is 2. The average Bonchev–Trinajstić information content (AvgIpc) is 3.09. The van der Waals surface area contributed by atoms with Crippen LogP contribution in [0, 0.1) is 0 Å². The first-order valence-corrected chi connectivity index (χ1v) is 22.5. The van der Waals surface area contributed by atoms with Crippen LogP contribution in [-0.2, 0) is 43.5 Å². The summed E-state index contributed by atoms with van der Waals surface area (Å²) < 4.78 is 37.0. The number of esters is 2. The molecule has 2 atom stereocenters. The molecule has 18 heteroatoms. The molecule has 55 heavy (non-hydrogen) atoms. The summed E-state index contributed by atoms with van der Waals surface area (Å²) in [6.07, 6.45) is 1.13. The van der Waals surface area contributed by atoms with E-state index in [0.717, 1.165) is 22.6 Å². The highest BCUT2D eigenvalue weighted by Crippen LogP contribution is 2.44. The molecule has 0 saturated carbocycles. The first-order chi connectivity index (χ1) is 25.9. The lowest BCUT2D eigenvalue weighted by Gasteiger charge is -2.29. The number of hydrogen-bond donors (Lipinski definition) is 2. The molecule has 0 spiro atoms. The van der Waals surface area contributed by atoms with Crippen LogP contribution in [0.1, 0.15) is 37.8 Å². The molecule has 304 valence electrons. The molecule has 2 rings (SSSR count). The molecule has 2 N–H and O–H groups in total. The van der Waals surface area contributed by atoms with Crippen molar-refractivity contribution in [3.05, 3.63) is 77.6 Å². The van der Waals surface area contributed by atoms with Crippen molar-refractivity contribution >= 4 is 111 Å². The summed E-state index contributed by atoms with van der Waals surface area (Å²) >= 11 is 17.7. The Bertz CT molecular complexity index is 1520. The number of halogens is 4. The van der Waals surface area contributed by atoms with E-state index >= 15 is 0 Å². The highest BCUT2D eigenvalue weighted by atomic mass is 79.9.